The van der Waals surface area contributed by atoms with E-state index in [9.17, 15) is 9.90 Å². The molecule has 31 heavy (non-hydrogen) atoms. The maximum absolute atomic E-state index is 12.3. The summed E-state index contributed by atoms with van der Waals surface area (Å²) in [4.78, 5) is 13.8. The van der Waals surface area contributed by atoms with Crippen LogP contribution in [0.2, 0.25) is 0 Å². The fourth-order valence-electron chi connectivity index (χ4n) is 3.18. The van der Waals surface area contributed by atoms with E-state index in [2.05, 4.69) is 26.1 Å². The zero-order valence-corrected chi connectivity index (χ0v) is 19.7. The number of carbonyl (C=O) groups is 1. The van der Waals surface area contributed by atoms with Crippen molar-refractivity contribution in [3.05, 3.63) is 56.7 Å². The Morgan fingerprint density at radius 3 is 2.81 bits per heavy atom. The Kier molecular flexibility index (Phi) is 6.12. The fourth-order valence-corrected chi connectivity index (χ4v) is 4.85. The number of ether oxygens (including phenoxy) is 1. The maximum Gasteiger partial charge on any atom is 0.243 e. The third-order valence-electron chi connectivity index (χ3n) is 4.52. The van der Waals surface area contributed by atoms with Gasteiger partial charge in [-0.1, -0.05) is 42.2 Å². The van der Waals surface area contributed by atoms with Crippen LogP contribution in [0, 0.1) is 11.4 Å². The standard InChI is InChI=1S/C21H16BrN3O4S2/c1-11-8-14(30)16-19(28-2)13(18(27)17(22)20(16)29-11)9-23-24-21-25(15(26)10-31-21)12-6-4-3-5-7-12/h3-9,27H,10H2,1-2H3/b23-9+,24-21-. The van der Waals surface area contributed by atoms with Crippen molar-refractivity contribution in [2.24, 2.45) is 10.2 Å². The molecule has 0 atom stereocenters. The summed E-state index contributed by atoms with van der Waals surface area (Å²) >= 11 is 10.1. The number of benzene rings is 2. The number of phenols is 1. The quantitative estimate of drug-likeness (QED) is 0.282. The van der Waals surface area contributed by atoms with Crippen molar-refractivity contribution in [3.8, 4) is 11.5 Å². The number of halogens is 1. The van der Waals surface area contributed by atoms with Gasteiger partial charge in [-0.05, 0) is 41.1 Å². The van der Waals surface area contributed by atoms with Gasteiger partial charge < -0.3 is 14.3 Å². The SMILES string of the molecule is COc1c(/C=N/N=C2\SCC(=O)N2c2ccccc2)c(O)c(Br)c2oc(C)cc(=S)c12. The number of amidine groups is 1. The highest BCUT2D eigenvalue weighted by atomic mass is 79.9. The Labute approximate surface area is 195 Å². The molecule has 4 rings (SSSR count). The Bertz CT molecular complexity index is 1310. The van der Waals surface area contributed by atoms with Crippen molar-refractivity contribution >= 4 is 73.9 Å². The molecule has 1 N–H and O–H groups in total. The number of fused-ring (bicyclic) bond motifs is 1. The third kappa shape index (κ3) is 3.98. The lowest BCUT2D eigenvalue weighted by Crippen LogP contribution is -2.28. The molecule has 1 aliphatic rings. The lowest BCUT2D eigenvalue weighted by Gasteiger charge is -2.15. The van der Waals surface area contributed by atoms with Crippen LogP contribution in [0.5, 0.6) is 11.5 Å². The number of nitrogens with zero attached hydrogens (tertiary/aromatic N) is 3. The van der Waals surface area contributed by atoms with Crippen LogP contribution in [0.25, 0.3) is 11.0 Å². The van der Waals surface area contributed by atoms with E-state index in [1.54, 1.807) is 13.0 Å². The van der Waals surface area contributed by atoms with Gasteiger partial charge >= 0.3 is 0 Å². The molecule has 1 aromatic heterocycles. The average Bonchev–Trinajstić information content (AvgIpc) is 3.13. The molecule has 158 valence electrons. The van der Waals surface area contributed by atoms with Crippen LogP contribution >= 0.6 is 39.9 Å². The summed E-state index contributed by atoms with van der Waals surface area (Å²) in [5, 5.41) is 20.0. The average molecular weight is 518 g/mol. The molecule has 1 amide bonds. The van der Waals surface area contributed by atoms with E-state index in [0.29, 0.717) is 42.3 Å². The van der Waals surface area contributed by atoms with Gasteiger partial charge in [-0.2, -0.15) is 5.10 Å². The van der Waals surface area contributed by atoms with Gasteiger partial charge in [0.15, 0.2) is 10.8 Å². The number of para-hydroxylation sites is 1. The molecule has 1 saturated heterocycles. The molecule has 2 heterocycles. The van der Waals surface area contributed by atoms with Gasteiger partial charge in [0.2, 0.25) is 5.91 Å². The molecule has 10 heteroatoms. The summed E-state index contributed by atoms with van der Waals surface area (Å²) in [6.45, 7) is 1.77. The molecular formula is C21H16BrN3O4S2. The number of aromatic hydroxyl groups is 1. The van der Waals surface area contributed by atoms with Gasteiger partial charge in [-0.15, -0.1) is 5.10 Å². The van der Waals surface area contributed by atoms with Crippen molar-refractivity contribution in [1.29, 1.82) is 0 Å². The van der Waals surface area contributed by atoms with Gasteiger partial charge in [-0.3, -0.25) is 9.69 Å². The largest absolute Gasteiger partial charge is 0.506 e. The smallest absolute Gasteiger partial charge is 0.243 e. The summed E-state index contributed by atoms with van der Waals surface area (Å²) in [6, 6.07) is 10.9. The van der Waals surface area contributed by atoms with Crippen LogP contribution in [0.1, 0.15) is 11.3 Å². The molecule has 0 unspecified atom stereocenters. The van der Waals surface area contributed by atoms with Gasteiger partial charge in [0.1, 0.15) is 21.7 Å². The monoisotopic (exact) mass is 517 g/mol. The first-order valence-corrected chi connectivity index (χ1v) is 11.3. The first-order chi connectivity index (χ1) is 14.9. The van der Waals surface area contributed by atoms with Crippen LogP contribution in [0.15, 0.2) is 55.5 Å². The zero-order valence-electron chi connectivity index (χ0n) is 16.5. The first-order valence-electron chi connectivity index (χ1n) is 9.07. The van der Waals surface area contributed by atoms with Crippen molar-refractivity contribution in [2.75, 3.05) is 17.8 Å². The Morgan fingerprint density at radius 2 is 2.10 bits per heavy atom. The molecule has 2 aromatic carbocycles. The van der Waals surface area contributed by atoms with E-state index < -0.39 is 0 Å². The number of amides is 1. The molecule has 7 nitrogen and oxygen atoms in total. The highest BCUT2D eigenvalue weighted by Gasteiger charge is 2.29. The van der Waals surface area contributed by atoms with Crippen LogP contribution in [0.3, 0.4) is 0 Å². The lowest BCUT2D eigenvalue weighted by atomic mass is 10.1. The van der Waals surface area contributed by atoms with Crippen LogP contribution in [-0.4, -0.2) is 35.3 Å². The molecule has 0 saturated carbocycles. The van der Waals surface area contributed by atoms with E-state index in [4.69, 9.17) is 21.4 Å². The number of hydrogen-bond donors (Lipinski definition) is 1. The molecule has 3 aromatic rings. The first kappa shape index (κ1) is 21.5. The fraction of sp³-hybridized carbons (Fsp3) is 0.143. The minimum absolute atomic E-state index is 0.0771. The molecular weight excluding hydrogens is 502 g/mol. The van der Waals surface area contributed by atoms with E-state index in [1.807, 2.05) is 30.3 Å². The Hall–Kier alpha value is -2.69. The Morgan fingerprint density at radius 1 is 1.35 bits per heavy atom. The predicted octanol–water partition coefficient (Wildman–Crippen LogP) is 5.42. The second-order valence-corrected chi connectivity index (χ2v) is 8.69. The van der Waals surface area contributed by atoms with E-state index >= 15 is 0 Å². The van der Waals surface area contributed by atoms with E-state index in [-0.39, 0.29) is 23.0 Å². The Balaban J connectivity index is 1.79. The van der Waals surface area contributed by atoms with Gasteiger partial charge in [0, 0.05) is 0 Å². The lowest BCUT2D eigenvalue weighted by molar-refractivity contribution is -0.115. The summed E-state index contributed by atoms with van der Waals surface area (Å²) in [5.41, 5.74) is 1.39. The molecule has 0 radical (unpaired) electrons. The van der Waals surface area contributed by atoms with Gasteiger partial charge in [-0.25, -0.2) is 0 Å². The predicted molar refractivity (Wildman–Crippen MR) is 129 cm³/mol. The summed E-state index contributed by atoms with van der Waals surface area (Å²) in [7, 11) is 1.47. The normalized spacial score (nSPS) is 15.5. The third-order valence-corrected chi connectivity index (χ3v) is 6.49. The number of anilines is 1. The van der Waals surface area contributed by atoms with Crippen molar-refractivity contribution in [1.82, 2.24) is 0 Å². The molecule has 0 aliphatic carbocycles. The zero-order chi connectivity index (χ0) is 22.1. The highest BCUT2D eigenvalue weighted by molar-refractivity contribution is 9.10. The molecule has 0 bridgehead atoms. The van der Waals surface area contributed by atoms with Gasteiger partial charge in [0.05, 0.1) is 40.2 Å². The minimum Gasteiger partial charge on any atom is -0.506 e. The number of thioether (sulfide) groups is 1. The number of phenolic OH excluding ortho intramolecular Hbond substituents is 1. The number of methoxy groups -OCH3 is 1. The summed E-state index contributed by atoms with van der Waals surface area (Å²) in [6.07, 6.45) is 1.37. The number of rotatable bonds is 4. The van der Waals surface area contributed by atoms with Crippen LogP contribution < -0.4 is 9.64 Å². The minimum atomic E-state index is -0.118. The molecule has 1 aliphatic heterocycles. The van der Waals surface area contributed by atoms with Crippen LogP contribution in [-0.2, 0) is 4.79 Å². The van der Waals surface area contributed by atoms with Gasteiger partial charge in [0.25, 0.3) is 0 Å². The van der Waals surface area contributed by atoms with E-state index in [0.717, 1.165) is 0 Å². The number of hydrogen-bond acceptors (Lipinski definition) is 8. The topological polar surface area (TPSA) is 87.6 Å². The summed E-state index contributed by atoms with van der Waals surface area (Å²) in [5.74, 6) is 1.01. The highest BCUT2D eigenvalue weighted by Crippen LogP contribution is 2.43. The second kappa shape index (κ2) is 8.81. The molecule has 0 spiro atoms. The summed E-state index contributed by atoms with van der Waals surface area (Å²) < 4.78 is 12.1. The van der Waals surface area contributed by atoms with Crippen molar-refractivity contribution in [2.45, 2.75) is 6.92 Å². The van der Waals surface area contributed by atoms with Crippen molar-refractivity contribution < 1.29 is 19.1 Å². The number of carbonyl (C=O) groups excluding carboxylic acids is 1. The second-order valence-electron chi connectivity index (χ2n) is 6.52. The molecule has 1 fully saturated rings. The van der Waals surface area contributed by atoms with Crippen LogP contribution in [0.4, 0.5) is 5.69 Å². The van der Waals surface area contributed by atoms with Crippen molar-refractivity contribution in [3.63, 3.8) is 0 Å². The van der Waals surface area contributed by atoms with E-state index in [1.165, 1.54) is 30.0 Å². The maximum atomic E-state index is 12.3. The number of aryl methyl sites for hydroxylation is 1.